The predicted octanol–water partition coefficient (Wildman–Crippen LogP) is 5.25. The molecule has 3 heteroatoms. The molecule has 2 rings (SSSR count). The molecular formula is C22H25NO2. The highest BCUT2D eigenvalue weighted by Crippen LogP contribution is 2.23. The molecule has 0 spiro atoms. The topological polar surface area (TPSA) is 49.3 Å². The minimum Gasteiger partial charge on any atom is -0.478 e. The van der Waals surface area contributed by atoms with Gasteiger partial charge in [-0.05, 0) is 34.2 Å². The fraction of sp³-hybridized carbons (Fsp3) is 0.227. The first-order valence-electron chi connectivity index (χ1n) is 8.35. The van der Waals surface area contributed by atoms with Crippen LogP contribution in [0.25, 0.3) is 6.08 Å². The lowest BCUT2D eigenvalue weighted by Gasteiger charge is -2.19. The molecule has 0 atom stereocenters. The van der Waals surface area contributed by atoms with E-state index >= 15 is 0 Å². The van der Waals surface area contributed by atoms with Crippen molar-refractivity contribution >= 4 is 17.7 Å². The molecule has 0 bridgehead atoms. The zero-order valence-corrected chi connectivity index (χ0v) is 15.0. The zero-order chi connectivity index (χ0) is 18.3. The number of benzene rings is 2. The maximum absolute atomic E-state index is 10.4. The third kappa shape index (κ3) is 6.30. The Labute approximate surface area is 149 Å². The number of carboxylic acids is 1. The van der Waals surface area contributed by atoms with Gasteiger partial charge >= 0.3 is 5.97 Å². The standard InChI is InChI=1S/C22H25NO2/c1-22(2,3)19-12-14-20(15-13-19)23-16-18-10-8-17(9-11-18)6-4-5-7-21(24)25/h4-15,23H,16H2,1-3H3,(H,24,25)/b6-4+,7-5+. The minimum atomic E-state index is -0.943. The molecule has 2 N–H and O–H groups in total. The van der Waals surface area contributed by atoms with Gasteiger partial charge in [0, 0.05) is 18.3 Å². The van der Waals surface area contributed by atoms with E-state index in [1.807, 2.05) is 18.2 Å². The molecule has 0 aliphatic heterocycles. The Hall–Kier alpha value is -2.81. The second-order valence-corrected chi connectivity index (χ2v) is 6.98. The lowest BCUT2D eigenvalue weighted by atomic mass is 9.87. The summed E-state index contributed by atoms with van der Waals surface area (Å²) in [6.07, 6.45) is 6.22. The molecular weight excluding hydrogens is 310 g/mol. The highest BCUT2D eigenvalue weighted by atomic mass is 16.4. The summed E-state index contributed by atoms with van der Waals surface area (Å²) in [6.45, 7) is 7.40. The lowest BCUT2D eigenvalue weighted by molar-refractivity contribution is -0.131. The van der Waals surface area contributed by atoms with Crippen molar-refractivity contribution in [3.63, 3.8) is 0 Å². The number of carboxylic acid groups (broad SMARTS) is 1. The van der Waals surface area contributed by atoms with Gasteiger partial charge in [0.25, 0.3) is 0 Å². The van der Waals surface area contributed by atoms with E-state index in [2.05, 4.69) is 62.5 Å². The molecule has 2 aromatic rings. The van der Waals surface area contributed by atoms with Crippen LogP contribution in [-0.2, 0) is 16.8 Å². The Kier molecular flexibility index (Phi) is 6.18. The molecule has 130 valence electrons. The summed E-state index contributed by atoms with van der Waals surface area (Å²) in [4.78, 5) is 10.4. The molecule has 0 heterocycles. The number of aliphatic carboxylic acids is 1. The fourth-order valence-electron chi connectivity index (χ4n) is 2.34. The smallest absolute Gasteiger partial charge is 0.328 e. The third-order valence-corrected chi connectivity index (χ3v) is 3.87. The van der Waals surface area contributed by atoms with Gasteiger partial charge in [-0.25, -0.2) is 4.79 Å². The SMILES string of the molecule is CC(C)(C)c1ccc(NCc2ccc(/C=C/C=C/C(=O)O)cc2)cc1. The Morgan fingerprint density at radius 3 is 2.20 bits per heavy atom. The van der Waals surface area contributed by atoms with Crippen LogP contribution in [0.3, 0.4) is 0 Å². The van der Waals surface area contributed by atoms with Gasteiger partial charge in [0.05, 0.1) is 0 Å². The third-order valence-electron chi connectivity index (χ3n) is 3.87. The van der Waals surface area contributed by atoms with Crippen LogP contribution in [0.1, 0.15) is 37.5 Å². The van der Waals surface area contributed by atoms with E-state index in [9.17, 15) is 4.79 Å². The van der Waals surface area contributed by atoms with Gasteiger partial charge < -0.3 is 10.4 Å². The van der Waals surface area contributed by atoms with Crippen molar-refractivity contribution in [1.29, 1.82) is 0 Å². The first-order valence-corrected chi connectivity index (χ1v) is 8.35. The van der Waals surface area contributed by atoms with Crippen molar-refractivity contribution < 1.29 is 9.90 Å². The molecule has 25 heavy (non-hydrogen) atoms. The van der Waals surface area contributed by atoms with Crippen LogP contribution in [0.15, 0.2) is 66.8 Å². The first kappa shape index (κ1) is 18.5. The summed E-state index contributed by atoms with van der Waals surface area (Å²) in [5.74, 6) is -0.943. The van der Waals surface area contributed by atoms with E-state index in [1.165, 1.54) is 17.2 Å². The summed E-state index contributed by atoms with van der Waals surface area (Å²) in [7, 11) is 0. The summed E-state index contributed by atoms with van der Waals surface area (Å²) < 4.78 is 0. The van der Waals surface area contributed by atoms with Crippen LogP contribution in [0.2, 0.25) is 0 Å². The van der Waals surface area contributed by atoms with Crippen molar-refractivity contribution in [2.75, 3.05) is 5.32 Å². The van der Waals surface area contributed by atoms with Crippen molar-refractivity contribution in [3.8, 4) is 0 Å². The Morgan fingerprint density at radius 1 is 1.00 bits per heavy atom. The summed E-state index contributed by atoms with van der Waals surface area (Å²) in [6, 6.07) is 16.7. The number of hydrogen-bond acceptors (Lipinski definition) is 2. The average molecular weight is 335 g/mol. The quantitative estimate of drug-likeness (QED) is 0.560. The van der Waals surface area contributed by atoms with Crippen molar-refractivity contribution in [2.24, 2.45) is 0 Å². The molecule has 0 aliphatic carbocycles. The summed E-state index contributed by atoms with van der Waals surface area (Å²) in [5, 5.41) is 12.0. The van der Waals surface area contributed by atoms with Crippen LogP contribution in [0.5, 0.6) is 0 Å². The number of hydrogen-bond donors (Lipinski definition) is 2. The van der Waals surface area contributed by atoms with Crippen LogP contribution < -0.4 is 5.32 Å². The summed E-state index contributed by atoms with van der Waals surface area (Å²) in [5.41, 5.74) is 4.83. The number of anilines is 1. The van der Waals surface area contributed by atoms with E-state index in [4.69, 9.17) is 5.11 Å². The van der Waals surface area contributed by atoms with Crippen LogP contribution >= 0.6 is 0 Å². The van der Waals surface area contributed by atoms with E-state index < -0.39 is 5.97 Å². The molecule has 2 aromatic carbocycles. The van der Waals surface area contributed by atoms with Crippen molar-refractivity contribution in [3.05, 3.63) is 83.4 Å². The molecule has 0 unspecified atom stereocenters. The van der Waals surface area contributed by atoms with Gasteiger partial charge in [-0.2, -0.15) is 0 Å². The maximum atomic E-state index is 10.4. The van der Waals surface area contributed by atoms with E-state index in [1.54, 1.807) is 6.08 Å². The van der Waals surface area contributed by atoms with Gasteiger partial charge in [0.1, 0.15) is 0 Å². The number of rotatable bonds is 6. The van der Waals surface area contributed by atoms with Gasteiger partial charge in [0.15, 0.2) is 0 Å². The molecule has 3 nitrogen and oxygen atoms in total. The molecule has 0 amide bonds. The molecule has 0 aliphatic rings. The Balaban J connectivity index is 1.90. The van der Waals surface area contributed by atoms with Gasteiger partial charge in [-0.15, -0.1) is 0 Å². The maximum Gasteiger partial charge on any atom is 0.328 e. The Bertz CT molecular complexity index is 748. The minimum absolute atomic E-state index is 0.168. The molecule has 0 radical (unpaired) electrons. The molecule has 0 saturated carbocycles. The van der Waals surface area contributed by atoms with Crippen molar-refractivity contribution in [1.82, 2.24) is 0 Å². The average Bonchev–Trinajstić information content (AvgIpc) is 2.57. The van der Waals surface area contributed by atoms with Crippen LogP contribution in [0, 0.1) is 0 Å². The second-order valence-electron chi connectivity index (χ2n) is 6.98. The zero-order valence-electron chi connectivity index (χ0n) is 15.0. The van der Waals surface area contributed by atoms with Gasteiger partial charge in [0.2, 0.25) is 0 Å². The lowest BCUT2D eigenvalue weighted by Crippen LogP contribution is -2.10. The molecule has 0 saturated heterocycles. The number of nitrogens with one attached hydrogen (secondary N) is 1. The van der Waals surface area contributed by atoms with Gasteiger partial charge in [-0.1, -0.05) is 75.4 Å². The number of carbonyl (C=O) groups is 1. The second kappa shape index (κ2) is 8.34. The predicted molar refractivity (Wildman–Crippen MR) is 105 cm³/mol. The summed E-state index contributed by atoms with van der Waals surface area (Å²) >= 11 is 0. The van der Waals surface area contributed by atoms with E-state index in [-0.39, 0.29) is 5.41 Å². The van der Waals surface area contributed by atoms with Crippen LogP contribution in [-0.4, -0.2) is 11.1 Å². The number of allylic oxidation sites excluding steroid dienone is 2. The van der Waals surface area contributed by atoms with E-state index in [0.717, 1.165) is 23.9 Å². The first-order chi connectivity index (χ1) is 11.8. The monoisotopic (exact) mass is 335 g/mol. The molecule has 0 fully saturated rings. The van der Waals surface area contributed by atoms with Crippen molar-refractivity contribution in [2.45, 2.75) is 32.7 Å². The Morgan fingerprint density at radius 2 is 1.64 bits per heavy atom. The highest BCUT2D eigenvalue weighted by molar-refractivity contribution is 5.80. The normalized spacial score (nSPS) is 12.0. The van der Waals surface area contributed by atoms with E-state index in [0.29, 0.717) is 0 Å². The van der Waals surface area contributed by atoms with Gasteiger partial charge in [-0.3, -0.25) is 0 Å². The fourth-order valence-corrected chi connectivity index (χ4v) is 2.34. The highest BCUT2D eigenvalue weighted by Gasteiger charge is 2.12. The molecule has 0 aromatic heterocycles. The van der Waals surface area contributed by atoms with Crippen LogP contribution in [0.4, 0.5) is 5.69 Å². The largest absolute Gasteiger partial charge is 0.478 e.